The maximum Gasteiger partial charge on any atom is 0.136 e. The largest absolute Gasteiger partial charge is 0.497 e. The summed E-state index contributed by atoms with van der Waals surface area (Å²) in [7, 11) is 5.77. The minimum absolute atomic E-state index is 0.753. The molecule has 0 fully saturated rings. The smallest absolute Gasteiger partial charge is 0.136 e. The van der Waals surface area contributed by atoms with Gasteiger partial charge in [0.15, 0.2) is 0 Å². The molecule has 0 unspecified atom stereocenters. The molecule has 0 aliphatic heterocycles. The molecule has 0 saturated heterocycles. The number of para-hydroxylation sites is 1. The Balaban J connectivity index is 2.08. The Labute approximate surface area is 142 Å². The molecule has 124 valence electrons. The van der Waals surface area contributed by atoms with Crippen molar-refractivity contribution in [1.82, 2.24) is 4.90 Å². The summed E-state index contributed by atoms with van der Waals surface area (Å²) in [5.41, 5.74) is 1.85. The molecule has 0 spiro atoms. The van der Waals surface area contributed by atoms with Crippen LogP contribution in [0.3, 0.4) is 0 Å². The number of benzene rings is 2. The maximum atomic E-state index is 6.08. The molecule has 0 aliphatic carbocycles. The van der Waals surface area contributed by atoms with Gasteiger partial charge in [0.05, 0.1) is 19.0 Å². The molecule has 1 aromatic heterocycles. The second kappa shape index (κ2) is 7.32. The molecule has 0 atom stereocenters. The van der Waals surface area contributed by atoms with Gasteiger partial charge in [0.1, 0.15) is 17.1 Å². The van der Waals surface area contributed by atoms with E-state index in [9.17, 15) is 0 Å². The van der Waals surface area contributed by atoms with E-state index in [-0.39, 0.29) is 0 Å². The van der Waals surface area contributed by atoms with Gasteiger partial charge in [-0.3, -0.25) is 4.99 Å². The lowest BCUT2D eigenvalue weighted by molar-refractivity contribution is 0.415. The van der Waals surface area contributed by atoms with Crippen molar-refractivity contribution in [2.45, 2.75) is 0 Å². The minimum Gasteiger partial charge on any atom is -0.497 e. The number of nitrogens with zero attached hydrogens (tertiary/aromatic N) is 2. The molecule has 2 aromatic carbocycles. The summed E-state index contributed by atoms with van der Waals surface area (Å²) in [5, 5.41) is 2.00. The van der Waals surface area contributed by atoms with Crippen molar-refractivity contribution in [2.24, 2.45) is 4.99 Å². The van der Waals surface area contributed by atoms with E-state index in [4.69, 9.17) is 14.1 Å². The summed E-state index contributed by atoms with van der Waals surface area (Å²) in [6.45, 7) is 1.67. The first kappa shape index (κ1) is 16.3. The van der Waals surface area contributed by atoms with Crippen molar-refractivity contribution in [3.8, 4) is 17.1 Å². The molecule has 0 N–H and O–H groups in total. The fourth-order valence-electron chi connectivity index (χ4n) is 2.52. The van der Waals surface area contributed by atoms with Crippen LogP contribution in [0.15, 0.2) is 64.0 Å². The van der Waals surface area contributed by atoms with Gasteiger partial charge in [0.2, 0.25) is 0 Å². The molecule has 0 saturated carbocycles. The molecule has 0 bridgehead atoms. The molecule has 0 amide bonds. The van der Waals surface area contributed by atoms with Crippen LogP contribution < -0.4 is 10.1 Å². The highest BCUT2D eigenvalue weighted by Crippen LogP contribution is 2.24. The second-order valence-electron chi connectivity index (χ2n) is 5.91. The number of ether oxygens (including phenoxy) is 1. The topological polar surface area (TPSA) is 38.0 Å². The fourth-order valence-corrected chi connectivity index (χ4v) is 2.52. The van der Waals surface area contributed by atoms with Crippen LogP contribution in [0.5, 0.6) is 5.75 Å². The molecule has 3 aromatic rings. The van der Waals surface area contributed by atoms with Gasteiger partial charge in [-0.1, -0.05) is 12.1 Å². The van der Waals surface area contributed by atoms with E-state index in [2.05, 4.69) is 19.0 Å². The lowest BCUT2D eigenvalue weighted by Crippen LogP contribution is -2.17. The average Bonchev–Trinajstić information content (AvgIpc) is 2.61. The van der Waals surface area contributed by atoms with Crippen LogP contribution >= 0.6 is 0 Å². The molecule has 1 heterocycles. The van der Waals surface area contributed by atoms with E-state index in [1.165, 1.54) is 0 Å². The fraction of sp³-hybridized carbons (Fsp3) is 0.250. The van der Waals surface area contributed by atoms with Crippen LogP contribution in [0, 0.1) is 0 Å². The third-order valence-electron chi connectivity index (χ3n) is 3.85. The Morgan fingerprint density at radius 2 is 1.79 bits per heavy atom. The summed E-state index contributed by atoms with van der Waals surface area (Å²) in [6.07, 6.45) is 0. The Hall–Kier alpha value is -2.59. The van der Waals surface area contributed by atoms with Crippen LogP contribution in [0.4, 0.5) is 0 Å². The van der Waals surface area contributed by atoms with Crippen molar-refractivity contribution in [3.63, 3.8) is 0 Å². The minimum atomic E-state index is 0.753. The van der Waals surface area contributed by atoms with E-state index in [0.717, 1.165) is 46.5 Å². The number of fused-ring (bicyclic) bond motifs is 1. The van der Waals surface area contributed by atoms with Crippen molar-refractivity contribution in [3.05, 3.63) is 60.0 Å². The van der Waals surface area contributed by atoms with Crippen molar-refractivity contribution < 1.29 is 9.15 Å². The lowest BCUT2D eigenvalue weighted by Gasteiger charge is -2.08. The molecule has 24 heavy (non-hydrogen) atoms. The zero-order valence-corrected chi connectivity index (χ0v) is 14.3. The van der Waals surface area contributed by atoms with Crippen LogP contribution in [0.2, 0.25) is 0 Å². The molecule has 0 radical (unpaired) electrons. The summed E-state index contributed by atoms with van der Waals surface area (Å²) in [4.78, 5) is 6.90. The van der Waals surface area contributed by atoms with Gasteiger partial charge >= 0.3 is 0 Å². The molecule has 0 aliphatic rings. The van der Waals surface area contributed by atoms with Crippen LogP contribution in [0.1, 0.15) is 0 Å². The van der Waals surface area contributed by atoms with Crippen LogP contribution in [-0.2, 0) is 0 Å². The number of hydrogen-bond donors (Lipinski definition) is 0. The van der Waals surface area contributed by atoms with Crippen LogP contribution in [0.25, 0.3) is 22.3 Å². The summed E-state index contributed by atoms with van der Waals surface area (Å²) in [5.74, 6) is 1.63. The van der Waals surface area contributed by atoms with Crippen molar-refractivity contribution in [2.75, 3.05) is 34.3 Å². The Kier molecular flexibility index (Phi) is 4.96. The Morgan fingerprint density at radius 1 is 1.04 bits per heavy atom. The molecular formula is C20H22N2O2. The molecule has 4 heteroatoms. The molecule has 4 nitrogen and oxygen atoms in total. The highest BCUT2D eigenvalue weighted by Gasteiger charge is 2.06. The van der Waals surface area contributed by atoms with Gasteiger partial charge in [0.25, 0.3) is 0 Å². The quantitative estimate of drug-likeness (QED) is 0.721. The first-order valence-corrected chi connectivity index (χ1v) is 8.00. The van der Waals surface area contributed by atoms with Gasteiger partial charge in [-0.2, -0.15) is 0 Å². The predicted molar refractivity (Wildman–Crippen MR) is 97.2 cm³/mol. The summed E-state index contributed by atoms with van der Waals surface area (Å²) in [6, 6.07) is 17.9. The monoisotopic (exact) mass is 322 g/mol. The van der Waals surface area contributed by atoms with Gasteiger partial charge in [-0.15, -0.1) is 0 Å². The maximum absolute atomic E-state index is 6.08. The first-order valence-electron chi connectivity index (χ1n) is 8.00. The van der Waals surface area contributed by atoms with Gasteiger partial charge in [-0.25, -0.2) is 0 Å². The second-order valence-corrected chi connectivity index (χ2v) is 5.91. The summed E-state index contributed by atoms with van der Waals surface area (Å²) >= 11 is 0. The first-order chi connectivity index (χ1) is 11.7. The highest BCUT2D eigenvalue weighted by atomic mass is 16.5. The zero-order chi connectivity index (χ0) is 16.9. The Bertz CT molecular complexity index is 880. The summed E-state index contributed by atoms with van der Waals surface area (Å²) < 4.78 is 11.3. The number of hydrogen-bond acceptors (Lipinski definition) is 4. The van der Waals surface area contributed by atoms with E-state index in [1.54, 1.807) is 7.11 Å². The SMILES string of the molecule is COc1ccc(-c2cc(=NCCN(C)C)c3ccccc3o2)cc1. The van der Waals surface area contributed by atoms with Gasteiger partial charge < -0.3 is 14.1 Å². The predicted octanol–water partition coefficient (Wildman–Crippen LogP) is 3.57. The number of likely N-dealkylation sites (N-methyl/N-ethyl adjacent to an activating group) is 1. The number of methoxy groups -OCH3 is 1. The molecule has 3 rings (SSSR count). The standard InChI is InChI=1S/C20H22N2O2/c1-22(2)13-12-21-18-14-20(15-8-10-16(23-3)11-9-15)24-19-7-5-4-6-17(18)19/h4-11,14H,12-13H2,1-3H3. The zero-order valence-electron chi connectivity index (χ0n) is 14.3. The highest BCUT2D eigenvalue weighted by molar-refractivity contribution is 5.78. The average molecular weight is 322 g/mol. The third-order valence-corrected chi connectivity index (χ3v) is 3.85. The van der Waals surface area contributed by atoms with Gasteiger partial charge in [-0.05, 0) is 50.5 Å². The third kappa shape index (κ3) is 3.66. The number of rotatable bonds is 5. The van der Waals surface area contributed by atoms with Gasteiger partial charge in [0, 0.05) is 23.6 Å². The molecular weight excluding hydrogens is 300 g/mol. The Morgan fingerprint density at radius 3 is 2.50 bits per heavy atom. The van der Waals surface area contributed by atoms with E-state index in [0.29, 0.717) is 0 Å². The van der Waals surface area contributed by atoms with Crippen molar-refractivity contribution >= 4 is 11.0 Å². The van der Waals surface area contributed by atoms with Crippen LogP contribution in [-0.4, -0.2) is 39.2 Å². The lowest BCUT2D eigenvalue weighted by atomic mass is 10.1. The normalized spacial score (nSPS) is 12.1. The van der Waals surface area contributed by atoms with E-state index < -0.39 is 0 Å². The van der Waals surface area contributed by atoms with E-state index >= 15 is 0 Å². The van der Waals surface area contributed by atoms with E-state index in [1.807, 2.05) is 54.6 Å². The van der Waals surface area contributed by atoms with Crippen molar-refractivity contribution in [1.29, 1.82) is 0 Å².